The molecule has 0 unspecified atom stereocenters. The molecular formula is C20H16ClNO. The van der Waals surface area contributed by atoms with Crippen molar-refractivity contribution in [1.29, 1.82) is 0 Å². The van der Waals surface area contributed by atoms with Crippen molar-refractivity contribution in [1.82, 2.24) is 0 Å². The molecule has 0 saturated heterocycles. The highest BCUT2D eigenvalue weighted by atomic mass is 35.5. The van der Waals surface area contributed by atoms with Crippen LogP contribution in [0.1, 0.15) is 5.56 Å². The van der Waals surface area contributed by atoms with E-state index >= 15 is 0 Å². The molecule has 0 aliphatic rings. The third-order valence-corrected chi connectivity index (χ3v) is 3.96. The van der Waals surface area contributed by atoms with Crippen LogP contribution in [0, 0.1) is 0 Å². The summed E-state index contributed by atoms with van der Waals surface area (Å²) in [6, 6.07) is 25.2. The van der Waals surface area contributed by atoms with Gasteiger partial charge in [0.1, 0.15) is 0 Å². The molecule has 1 amide bonds. The number of halogens is 1. The van der Waals surface area contributed by atoms with Crippen molar-refractivity contribution in [3.63, 3.8) is 0 Å². The first kappa shape index (κ1) is 15.3. The molecule has 0 bridgehead atoms. The molecule has 3 heteroatoms. The number of rotatable bonds is 4. The number of anilines is 1. The lowest BCUT2D eigenvalue weighted by Gasteiger charge is -2.11. The van der Waals surface area contributed by atoms with Crippen LogP contribution in [0.4, 0.5) is 5.69 Å². The van der Waals surface area contributed by atoms with Gasteiger partial charge in [-0.2, -0.15) is 0 Å². The van der Waals surface area contributed by atoms with Crippen molar-refractivity contribution < 1.29 is 4.79 Å². The van der Waals surface area contributed by atoms with Gasteiger partial charge in [-0.25, -0.2) is 0 Å². The molecule has 0 heterocycles. The standard InChI is InChI=1S/C20H16ClNO/c21-18-12-6-4-10-16(18)14-20(23)22-19-13-7-5-11-17(19)15-8-2-1-3-9-15/h1-13H,14H2,(H,22,23). The summed E-state index contributed by atoms with van der Waals surface area (Å²) >= 11 is 6.12. The highest BCUT2D eigenvalue weighted by molar-refractivity contribution is 6.31. The summed E-state index contributed by atoms with van der Waals surface area (Å²) in [4.78, 5) is 12.3. The van der Waals surface area contributed by atoms with Crippen molar-refractivity contribution in [3.8, 4) is 11.1 Å². The molecule has 0 aliphatic carbocycles. The summed E-state index contributed by atoms with van der Waals surface area (Å²) in [7, 11) is 0. The lowest BCUT2D eigenvalue weighted by atomic mass is 10.0. The molecule has 0 aromatic heterocycles. The number of amides is 1. The number of carbonyl (C=O) groups excluding carboxylic acids is 1. The van der Waals surface area contributed by atoms with Gasteiger partial charge in [0.05, 0.1) is 6.42 Å². The van der Waals surface area contributed by atoms with Crippen molar-refractivity contribution in [2.75, 3.05) is 5.32 Å². The molecule has 0 saturated carbocycles. The van der Waals surface area contributed by atoms with Crippen LogP contribution < -0.4 is 5.32 Å². The van der Waals surface area contributed by atoms with Crippen molar-refractivity contribution >= 4 is 23.2 Å². The topological polar surface area (TPSA) is 29.1 Å². The number of nitrogens with one attached hydrogen (secondary N) is 1. The van der Waals surface area contributed by atoms with E-state index in [1.54, 1.807) is 6.07 Å². The molecule has 0 spiro atoms. The molecule has 1 N–H and O–H groups in total. The summed E-state index contributed by atoms with van der Waals surface area (Å²) in [6.07, 6.45) is 0.253. The van der Waals surface area contributed by atoms with Crippen LogP contribution in [0.25, 0.3) is 11.1 Å². The van der Waals surface area contributed by atoms with Crippen LogP contribution in [0.2, 0.25) is 5.02 Å². The van der Waals surface area contributed by atoms with Crippen LogP contribution in [0.15, 0.2) is 78.9 Å². The Bertz CT molecular complexity index is 815. The van der Waals surface area contributed by atoms with Gasteiger partial charge in [-0.3, -0.25) is 4.79 Å². The first-order valence-corrected chi connectivity index (χ1v) is 7.79. The fraction of sp³-hybridized carbons (Fsp3) is 0.0500. The summed E-state index contributed by atoms with van der Waals surface area (Å²) in [6.45, 7) is 0. The van der Waals surface area contributed by atoms with Crippen molar-refractivity contribution in [2.24, 2.45) is 0 Å². The second-order valence-electron chi connectivity index (χ2n) is 5.23. The zero-order chi connectivity index (χ0) is 16.1. The fourth-order valence-corrected chi connectivity index (χ4v) is 2.67. The minimum absolute atomic E-state index is 0.0820. The van der Waals surface area contributed by atoms with Crippen molar-refractivity contribution in [2.45, 2.75) is 6.42 Å². The Morgan fingerprint density at radius 2 is 1.48 bits per heavy atom. The normalized spacial score (nSPS) is 10.3. The number of para-hydroxylation sites is 1. The second-order valence-corrected chi connectivity index (χ2v) is 5.64. The molecule has 114 valence electrons. The van der Waals surface area contributed by atoms with Gasteiger partial charge in [-0.15, -0.1) is 0 Å². The minimum Gasteiger partial charge on any atom is -0.325 e. The Hall–Kier alpha value is -2.58. The molecular weight excluding hydrogens is 306 g/mol. The van der Waals surface area contributed by atoms with Gasteiger partial charge >= 0.3 is 0 Å². The maximum absolute atomic E-state index is 12.3. The van der Waals surface area contributed by atoms with Gasteiger partial charge in [0.25, 0.3) is 0 Å². The largest absolute Gasteiger partial charge is 0.325 e. The molecule has 3 aromatic carbocycles. The van der Waals surface area contributed by atoms with Gasteiger partial charge in [0.15, 0.2) is 0 Å². The van der Waals surface area contributed by atoms with E-state index in [1.165, 1.54) is 0 Å². The highest BCUT2D eigenvalue weighted by Crippen LogP contribution is 2.27. The predicted molar refractivity (Wildman–Crippen MR) is 95.7 cm³/mol. The predicted octanol–water partition coefficient (Wildman–Crippen LogP) is 5.19. The van der Waals surface area contributed by atoms with Crippen LogP contribution in [-0.2, 0) is 11.2 Å². The Morgan fingerprint density at radius 3 is 2.26 bits per heavy atom. The molecule has 0 radical (unpaired) electrons. The maximum atomic E-state index is 12.3. The third-order valence-electron chi connectivity index (χ3n) is 3.59. The van der Waals surface area contributed by atoms with Gasteiger partial charge < -0.3 is 5.32 Å². The summed E-state index contributed by atoms with van der Waals surface area (Å²) in [5.41, 5.74) is 3.70. The Balaban J connectivity index is 1.81. The van der Waals surface area contributed by atoms with Gasteiger partial charge in [0.2, 0.25) is 5.91 Å². The van der Waals surface area contributed by atoms with Gasteiger partial charge in [-0.1, -0.05) is 78.3 Å². The van der Waals surface area contributed by atoms with Gasteiger partial charge in [0, 0.05) is 16.3 Å². The van der Waals surface area contributed by atoms with E-state index in [1.807, 2.05) is 72.8 Å². The molecule has 3 aromatic rings. The van der Waals surface area contributed by atoms with Crippen LogP contribution in [0.5, 0.6) is 0 Å². The van der Waals surface area contributed by atoms with Crippen LogP contribution in [-0.4, -0.2) is 5.91 Å². The zero-order valence-corrected chi connectivity index (χ0v) is 13.3. The molecule has 23 heavy (non-hydrogen) atoms. The quantitative estimate of drug-likeness (QED) is 0.704. The number of carbonyl (C=O) groups is 1. The maximum Gasteiger partial charge on any atom is 0.228 e. The lowest BCUT2D eigenvalue weighted by molar-refractivity contribution is -0.115. The average molecular weight is 322 g/mol. The zero-order valence-electron chi connectivity index (χ0n) is 12.5. The first-order chi connectivity index (χ1) is 11.2. The Kier molecular flexibility index (Phi) is 4.74. The van der Waals surface area contributed by atoms with E-state index in [0.29, 0.717) is 5.02 Å². The number of benzene rings is 3. The molecule has 0 fully saturated rings. The highest BCUT2D eigenvalue weighted by Gasteiger charge is 2.10. The minimum atomic E-state index is -0.0820. The van der Waals surface area contributed by atoms with Crippen molar-refractivity contribution in [3.05, 3.63) is 89.4 Å². The Morgan fingerprint density at radius 1 is 0.826 bits per heavy atom. The van der Waals surface area contributed by atoms with Crippen LogP contribution in [0.3, 0.4) is 0 Å². The van der Waals surface area contributed by atoms with E-state index in [9.17, 15) is 4.79 Å². The van der Waals surface area contributed by atoms with Crippen LogP contribution >= 0.6 is 11.6 Å². The fourth-order valence-electron chi connectivity index (χ4n) is 2.47. The summed E-state index contributed by atoms with van der Waals surface area (Å²) < 4.78 is 0. The third kappa shape index (κ3) is 3.79. The van der Waals surface area contributed by atoms with E-state index in [-0.39, 0.29) is 12.3 Å². The molecule has 2 nitrogen and oxygen atoms in total. The summed E-state index contributed by atoms with van der Waals surface area (Å²) in [5.74, 6) is -0.0820. The lowest BCUT2D eigenvalue weighted by Crippen LogP contribution is -2.15. The Labute approximate surface area is 140 Å². The van der Waals surface area contributed by atoms with Gasteiger partial charge in [-0.05, 0) is 23.3 Å². The second kappa shape index (κ2) is 7.12. The molecule has 3 rings (SSSR count). The average Bonchev–Trinajstić information content (AvgIpc) is 2.58. The number of hydrogen-bond donors (Lipinski definition) is 1. The summed E-state index contributed by atoms with van der Waals surface area (Å²) in [5, 5.41) is 3.60. The van der Waals surface area contributed by atoms with E-state index in [2.05, 4.69) is 5.32 Å². The van der Waals surface area contributed by atoms with E-state index in [4.69, 9.17) is 11.6 Å². The SMILES string of the molecule is O=C(Cc1ccccc1Cl)Nc1ccccc1-c1ccccc1. The smallest absolute Gasteiger partial charge is 0.228 e. The monoisotopic (exact) mass is 321 g/mol. The van der Waals surface area contributed by atoms with E-state index in [0.717, 1.165) is 22.4 Å². The molecule has 0 aliphatic heterocycles. The first-order valence-electron chi connectivity index (χ1n) is 7.42. The number of hydrogen-bond acceptors (Lipinski definition) is 1. The molecule has 0 atom stereocenters. The van der Waals surface area contributed by atoms with E-state index < -0.39 is 0 Å².